The zero-order valence-electron chi connectivity index (χ0n) is 18.8. The molecule has 2 aromatic heterocycles. The van der Waals surface area contributed by atoms with E-state index in [0.29, 0.717) is 28.9 Å². The Bertz CT molecular complexity index is 1150. The zero-order valence-corrected chi connectivity index (χ0v) is 20.5. The van der Waals surface area contributed by atoms with Crippen molar-refractivity contribution in [2.75, 3.05) is 24.8 Å². The molecule has 10 heteroatoms. The van der Waals surface area contributed by atoms with Gasteiger partial charge >= 0.3 is 5.97 Å². The Kier molecular flexibility index (Phi) is 7.34. The molecule has 1 aliphatic carbocycles. The lowest BCUT2D eigenvalue weighted by Crippen LogP contribution is -2.16. The highest BCUT2D eigenvalue weighted by Gasteiger charge is 2.28. The molecule has 4 rings (SSSR count). The largest absolute Gasteiger partial charge is 0.494 e. The quantitative estimate of drug-likeness (QED) is 0.353. The monoisotopic (exact) mass is 486 g/mol. The number of hydrogen-bond acceptors (Lipinski definition) is 8. The number of anilines is 1. The van der Waals surface area contributed by atoms with Crippen molar-refractivity contribution in [3.63, 3.8) is 0 Å². The number of nitrogens with one attached hydrogen (secondary N) is 1. The number of carbonyl (C=O) groups excluding carboxylic acids is 2. The van der Waals surface area contributed by atoms with Gasteiger partial charge in [-0.15, -0.1) is 21.5 Å². The van der Waals surface area contributed by atoms with Gasteiger partial charge in [0.1, 0.15) is 10.8 Å². The number of thioether (sulfide) groups is 1. The van der Waals surface area contributed by atoms with Crippen LogP contribution in [0, 0.1) is 0 Å². The maximum Gasteiger partial charge on any atom is 0.341 e. The Labute approximate surface area is 200 Å². The van der Waals surface area contributed by atoms with Gasteiger partial charge in [-0.25, -0.2) is 4.79 Å². The van der Waals surface area contributed by atoms with Crippen LogP contribution >= 0.6 is 23.1 Å². The van der Waals surface area contributed by atoms with Crippen molar-refractivity contribution in [1.29, 1.82) is 0 Å². The number of aryl methyl sites for hydroxylation is 1. The number of rotatable bonds is 9. The fourth-order valence-corrected chi connectivity index (χ4v) is 5.96. The number of benzene rings is 1. The molecule has 0 bridgehead atoms. The van der Waals surface area contributed by atoms with E-state index in [9.17, 15) is 9.59 Å². The van der Waals surface area contributed by atoms with E-state index >= 15 is 0 Å². The minimum Gasteiger partial charge on any atom is -0.494 e. The number of hydrogen-bond donors (Lipinski definition) is 1. The molecule has 3 aromatic rings. The maximum atomic E-state index is 12.7. The second-order valence-electron chi connectivity index (χ2n) is 7.40. The summed E-state index contributed by atoms with van der Waals surface area (Å²) in [5, 5.41) is 12.8. The molecule has 1 N–H and O–H groups in total. The second-order valence-corrected chi connectivity index (χ2v) is 9.45. The summed E-state index contributed by atoms with van der Waals surface area (Å²) < 4.78 is 12.4. The first kappa shape index (κ1) is 23.3. The molecule has 8 nitrogen and oxygen atoms in total. The number of nitrogens with zero attached hydrogens (tertiary/aromatic N) is 3. The molecule has 0 fully saturated rings. The summed E-state index contributed by atoms with van der Waals surface area (Å²) in [5.74, 6) is 1.11. The molecule has 0 atom stereocenters. The van der Waals surface area contributed by atoms with Crippen LogP contribution in [0.3, 0.4) is 0 Å². The van der Waals surface area contributed by atoms with Crippen molar-refractivity contribution in [3.8, 4) is 17.1 Å². The standard InChI is InChI=1S/C23H26N4O4S2/c1-4-27-20(14-9-11-15(12-10-14)31-5-2)25-26-23(27)32-13-18(28)24-21-19(22(29)30-3)16-7-6-8-17(16)33-21/h9-12H,4-8,13H2,1-3H3,(H,24,28). The second kappa shape index (κ2) is 10.4. The van der Waals surface area contributed by atoms with Crippen LogP contribution in [0.25, 0.3) is 11.4 Å². The predicted molar refractivity (Wildman–Crippen MR) is 129 cm³/mol. The molecule has 0 radical (unpaired) electrons. The minimum absolute atomic E-state index is 0.157. The molecule has 0 aliphatic heterocycles. The Balaban J connectivity index is 1.45. The van der Waals surface area contributed by atoms with E-state index in [-0.39, 0.29) is 11.7 Å². The lowest BCUT2D eigenvalue weighted by Gasteiger charge is -2.09. The van der Waals surface area contributed by atoms with Gasteiger partial charge < -0.3 is 19.4 Å². The highest BCUT2D eigenvalue weighted by Crippen LogP contribution is 2.39. The van der Waals surface area contributed by atoms with Gasteiger partial charge in [0.15, 0.2) is 11.0 Å². The van der Waals surface area contributed by atoms with Crippen molar-refractivity contribution in [1.82, 2.24) is 14.8 Å². The summed E-state index contributed by atoms with van der Waals surface area (Å²) in [5.41, 5.74) is 2.45. The summed E-state index contributed by atoms with van der Waals surface area (Å²) in [6.07, 6.45) is 2.80. The predicted octanol–water partition coefficient (Wildman–Crippen LogP) is 4.43. The van der Waals surface area contributed by atoms with Crippen molar-refractivity contribution >= 4 is 40.0 Å². The van der Waals surface area contributed by atoms with Gasteiger partial charge in [-0.05, 0) is 62.9 Å². The van der Waals surface area contributed by atoms with Crippen molar-refractivity contribution < 1.29 is 19.1 Å². The average molecular weight is 487 g/mol. The van der Waals surface area contributed by atoms with Crippen LogP contribution in [0.2, 0.25) is 0 Å². The van der Waals surface area contributed by atoms with E-state index in [4.69, 9.17) is 9.47 Å². The van der Waals surface area contributed by atoms with Crippen LogP contribution in [-0.4, -0.2) is 46.1 Å². The Morgan fingerprint density at radius 3 is 2.67 bits per heavy atom. The topological polar surface area (TPSA) is 95.3 Å². The molecular formula is C23H26N4O4S2. The fourth-order valence-electron chi connectivity index (χ4n) is 3.86. The van der Waals surface area contributed by atoms with Gasteiger partial charge in [0.25, 0.3) is 0 Å². The number of methoxy groups -OCH3 is 1. The summed E-state index contributed by atoms with van der Waals surface area (Å²) in [6, 6.07) is 7.72. The number of amides is 1. The molecule has 1 amide bonds. The molecule has 0 spiro atoms. The summed E-state index contributed by atoms with van der Waals surface area (Å²) in [4.78, 5) is 26.2. The third-order valence-corrected chi connectivity index (χ3v) is 7.53. The normalized spacial score (nSPS) is 12.5. The number of thiophene rings is 1. The lowest BCUT2D eigenvalue weighted by atomic mass is 10.1. The van der Waals surface area contributed by atoms with E-state index in [1.165, 1.54) is 30.2 Å². The van der Waals surface area contributed by atoms with E-state index < -0.39 is 5.97 Å². The summed E-state index contributed by atoms with van der Waals surface area (Å²) in [6.45, 7) is 5.25. The summed E-state index contributed by atoms with van der Waals surface area (Å²) in [7, 11) is 1.36. The summed E-state index contributed by atoms with van der Waals surface area (Å²) >= 11 is 2.79. The van der Waals surface area contributed by atoms with E-state index in [1.807, 2.05) is 42.7 Å². The van der Waals surface area contributed by atoms with Gasteiger partial charge in [-0.2, -0.15) is 0 Å². The molecule has 1 aromatic carbocycles. The van der Waals surface area contributed by atoms with Crippen molar-refractivity contribution in [3.05, 3.63) is 40.3 Å². The van der Waals surface area contributed by atoms with E-state index in [0.717, 1.165) is 46.8 Å². The third-order valence-electron chi connectivity index (χ3n) is 5.35. The molecule has 2 heterocycles. The van der Waals surface area contributed by atoms with Gasteiger partial charge in [-0.1, -0.05) is 11.8 Å². The molecule has 0 saturated carbocycles. The maximum absolute atomic E-state index is 12.7. The third kappa shape index (κ3) is 4.91. The first-order valence-corrected chi connectivity index (χ1v) is 12.7. The smallest absolute Gasteiger partial charge is 0.341 e. The number of fused-ring (bicyclic) bond motifs is 1. The van der Waals surface area contributed by atoms with E-state index in [1.54, 1.807) is 0 Å². The zero-order chi connectivity index (χ0) is 23.4. The van der Waals surface area contributed by atoms with Crippen LogP contribution < -0.4 is 10.1 Å². The van der Waals surface area contributed by atoms with Crippen LogP contribution in [0.15, 0.2) is 29.4 Å². The van der Waals surface area contributed by atoms with Crippen molar-refractivity contribution in [2.45, 2.75) is 44.8 Å². The highest BCUT2D eigenvalue weighted by molar-refractivity contribution is 7.99. The molecular weight excluding hydrogens is 460 g/mol. The number of esters is 1. The molecule has 0 saturated heterocycles. The van der Waals surface area contributed by atoms with Crippen LogP contribution in [0.5, 0.6) is 5.75 Å². The van der Waals surface area contributed by atoms with E-state index in [2.05, 4.69) is 15.5 Å². The fraction of sp³-hybridized carbons (Fsp3) is 0.391. The molecule has 33 heavy (non-hydrogen) atoms. The van der Waals surface area contributed by atoms with Crippen LogP contribution in [-0.2, 0) is 28.9 Å². The lowest BCUT2D eigenvalue weighted by molar-refractivity contribution is -0.113. The molecule has 1 aliphatic rings. The number of ether oxygens (including phenoxy) is 2. The Morgan fingerprint density at radius 2 is 1.97 bits per heavy atom. The van der Waals surface area contributed by atoms with Gasteiger partial charge in [0.2, 0.25) is 5.91 Å². The first-order chi connectivity index (χ1) is 16.0. The van der Waals surface area contributed by atoms with Crippen molar-refractivity contribution in [2.24, 2.45) is 0 Å². The SMILES string of the molecule is CCOc1ccc(-c2nnc(SCC(=O)Nc3sc4c(c3C(=O)OC)CCC4)n2CC)cc1. The van der Waals surface area contributed by atoms with Crippen LogP contribution in [0.4, 0.5) is 5.00 Å². The van der Waals surface area contributed by atoms with Gasteiger partial charge in [0, 0.05) is 17.0 Å². The molecule has 0 unspecified atom stereocenters. The van der Waals surface area contributed by atoms with Gasteiger partial charge in [-0.3, -0.25) is 4.79 Å². The Hall–Kier alpha value is -2.85. The van der Waals surface area contributed by atoms with Crippen LogP contribution in [0.1, 0.15) is 41.1 Å². The molecule has 174 valence electrons. The minimum atomic E-state index is -0.400. The number of aromatic nitrogens is 3. The average Bonchev–Trinajstić information content (AvgIpc) is 3.52. The first-order valence-electron chi connectivity index (χ1n) is 10.9. The highest BCUT2D eigenvalue weighted by atomic mass is 32.2. The van der Waals surface area contributed by atoms with Gasteiger partial charge in [0.05, 0.1) is 25.0 Å². The number of carbonyl (C=O) groups is 2. The Morgan fingerprint density at radius 1 is 1.18 bits per heavy atom.